The molecule has 1 aromatic heterocycles. The number of hydrogen-bond donors (Lipinski definition) is 1. The zero-order valence-corrected chi connectivity index (χ0v) is 9.16. The van der Waals surface area contributed by atoms with Crippen LogP contribution in [0, 0.1) is 5.82 Å². The second-order valence-corrected chi connectivity index (χ2v) is 3.56. The van der Waals surface area contributed by atoms with Crippen LogP contribution in [-0.4, -0.2) is 11.1 Å². The summed E-state index contributed by atoms with van der Waals surface area (Å²) < 4.78 is 55.2. The van der Waals surface area contributed by atoms with Crippen LogP contribution in [0.4, 0.5) is 23.2 Å². The van der Waals surface area contributed by atoms with Crippen molar-refractivity contribution in [3.63, 3.8) is 0 Å². The van der Waals surface area contributed by atoms with E-state index in [0.29, 0.717) is 18.2 Å². The molecule has 0 aliphatic heterocycles. The van der Waals surface area contributed by atoms with Gasteiger partial charge in [-0.25, -0.2) is 4.39 Å². The van der Waals surface area contributed by atoms with Crippen LogP contribution in [0.1, 0.15) is 15.9 Å². The van der Waals surface area contributed by atoms with Crippen LogP contribution < -0.4 is 5.32 Å². The number of benzene rings is 1. The van der Waals surface area contributed by atoms with Crippen molar-refractivity contribution in [3.8, 4) is 0 Å². The van der Waals surface area contributed by atoms with Crippen LogP contribution in [0.25, 0.3) is 0 Å². The average molecular weight is 274 g/mol. The number of halogens is 4. The highest BCUT2D eigenvalue weighted by molar-refractivity contribution is 6.04. The van der Waals surface area contributed by atoms with Gasteiger partial charge in [0, 0.05) is 0 Å². The van der Waals surface area contributed by atoms with Gasteiger partial charge in [-0.3, -0.25) is 4.79 Å². The summed E-state index contributed by atoms with van der Waals surface area (Å²) in [5.41, 5.74) is -1.71. The molecule has 2 rings (SSSR count). The van der Waals surface area contributed by atoms with Gasteiger partial charge in [0.1, 0.15) is 17.8 Å². The summed E-state index contributed by atoms with van der Waals surface area (Å²) in [6.45, 7) is 0. The van der Waals surface area contributed by atoms with E-state index in [0.717, 1.165) is 12.5 Å². The molecule has 1 N–H and O–H groups in total. The maximum atomic E-state index is 13.4. The molecule has 0 aliphatic carbocycles. The lowest BCUT2D eigenvalue weighted by molar-refractivity contribution is -0.137. The van der Waals surface area contributed by atoms with E-state index in [4.69, 9.17) is 0 Å². The minimum atomic E-state index is -4.65. The van der Waals surface area contributed by atoms with Gasteiger partial charge in [-0.2, -0.15) is 13.2 Å². The molecular formula is C11H6F4N2O2. The maximum Gasteiger partial charge on any atom is 0.416 e. The molecule has 0 aliphatic rings. The largest absolute Gasteiger partial charge is 0.416 e. The van der Waals surface area contributed by atoms with Crippen molar-refractivity contribution in [2.24, 2.45) is 0 Å². The molecule has 0 spiro atoms. The second kappa shape index (κ2) is 4.71. The fraction of sp³-hybridized carbons (Fsp3) is 0.0909. The van der Waals surface area contributed by atoms with Crippen LogP contribution in [0.15, 0.2) is 35.2 Å². The van der Waals surface area contributed by atoms with E-state index in [9.17, 15) is 22.4 Å². The normalized spacial score (nSPS) is 11.4. The third kappa shape index (κ3) is 2.90. The van der Waals surface area contributed by atoms with Gasteiger partial charge < -0.3 is 9.84 Å². The fourth-order valence-corrected chi connectivity index (χ4v) is 1.34. The third-order valence-corrected chi connectivity index (χ3v) is 2.23. The number of carbonyl (C=O) groups excluding carboxylic acids is 1. The molecule has 0 atom stereocenters. The molecule has 1 heterocycles. The van der Waals surface area contributed by atoms with Gasteiger partial charge in [0.25, 0.3) is 5.91 Å². The lowest BCUT2D eigenvalue weighted by Crippen LogP contribution is -2.15. The SMILES string of the molecule is O=C(Nc1cnoc1)c1cc(C(F)(F)F)ccc1F. The molecule has 0 bridgehead atoms. The topological polar surface area (TPSA) is 55.1 Å². The summed E-state index contributed by atoms with van der Waals surface area (Å²) in [6.07, 6.45) is -2.47. The van der Waals surface area contributed by atoms with Crippen molar-refractivity contribution < 1.29 is 26.9 Å². The van der Waals surface area contributed by atoms with Gasteiger partial charge >= 0.3 is 6.18 Å². The Morgan fingerprint density at radius 2 is 2.05 bits per heavy atom. The Hall–Kier alpha value is -2.38. The Morgan fingerprint density at radius 3 is 2.63 bits per heavy atom. The smallest absolute Gasteiger partial charge is 0.363 e. The number of alkyl halides is 3. The van der Waals surface area contributed by atoms with Gasteiger partial charge in [0.05, 0.1) is 17.3 Å². The van der Waals surface area contributed by atoms with E-state index < -0.39 is 29.0 Å². The number of rotatable bonds is 2. The van der Waals surface area contributed by atoms with E-state index >= 15 is 0 Å². The molecule has 100 valence electrons. The number of amides is 1. The van der Waals surface area contributed by atoms with Gasteiger partial charge in [0.2, 0.25) is 0 Å². The van der Waals surface area contributed by atoms with Crippen LogP contribution in [0.3, 0.4) is 0 Å². The highest BCUT2D eigenvalue weighted by atomic mass is 19.4. The molecule has 0 saturated heterocycles. The summed E-state index contributed by atoms with van der Waals surface area (Å²) in [7, 11) is 0. The zero-order chi connectivity index (χ0) is 14.0. The number of nitrogens with zero attached hydrogens (tertiary/aromatic N) is 1. The number of aromatic nitrogens is 1. The quantitative estimate of drug-likeness (QED) is 0.856. The van der Waals surface area contributed by atoms with E-state index in [1.165, 1.54) is 0 Å². The van der Waals surface area contributed by atoms with Gasteiger partial charge in [-0.1, -0.05) is 5.16 Å². The monoisotopic (exact) mass is 274 g/mol. The van der Waals surface area contributed by atoms with Crippen molar-refractivity contribution in [1.29, 1.82) is 0 Å². The summed E-state index contributed by atoms with van der Waals surface area (Å²) >= 11 is 0. The lowest BCUT2D eigenvalue weighted by atomic mass is 10.1. The standard InChI is InChI=1S/C11H6F4N2O2/c12-9-2-1-6(11(13,14)15)3-8(9)10(18)17-7-4-16-19-5-7/h1-5H,(H,17,18). The predicted molar refractivity (Wildman–Crippen MR) is 55.9 cm³/mol. The molecule has 1 aromatic carbocycles. The number of anilines is 1. The van der Waals surface area contributed by atoms with E-state index in [1.54, 1.807) is 0 Å². The molecular weight excluding hydrogens is 268 g/mol. The van der Waals surface area contributed by atoms with Crippen LogP contribution in [0.2, 0.25) is 0 Å². The molecule has 2 aromatic rings. The number of nitrogens with one attached hydrogen (secondary N) is 1. The van der Waals surface area contributed by atoms with Crippen LogP contribution >= 0.6 is 0 Å². The molecule has 1 amide bonds. The summed E-state index contributed by atoms with van der Waals surface area (Å²) in [4.78, 5) is 11.6. The Balaban J connectivity index is 2.31. The Labute approximate surface area is 104 Å². The zero-order valence-electron chi connectivity index (χ0n) is 9.16. The second-order valence-electron chi connectivity index (χ2n) is 3.56. The Morgan fingerprint density at radius 1 is 1.32 bits per heavy atom. The van der Waals surface area contributed by atoms with Crippen LogP contribution in [-0.2, 0) is 6.18 Å². The fourth-order valence-electron chi connectivity index (χ4n) is 1.34. The highest BCUT2D eigenvalue weighted by Crippen LogP contribution is 2.30. The summed E-state index contributed by atoms with van der Waals surface area (Å²) in [6, 6.07) is 1.59. The number of hydrogen-bond acceptors (Lipinski definition) is 3. The van der Waals surface area contributed by atoms with Gasteiger partial charge in [-0.15, -0.1) is 0 Å². The average Bonchev–Trinajstić information content (AvgIpc) is 2.80. The molecule has 0 saturated carbocycles. The molecule has 0 radical (unpaired) electrons. The predicted octanol–water partition coefficient (Wildman–Crippen LogP) is 3.08. The molecule has 0 unspecified atom stereocenters. The maximum absolute atomic E-state index is 13.4. The lowest BCUT2D eigenvalue weighted by Gasteiger charge is -2.09. The minimum absolute atomic E-state index is 0.113. The molecule has 4 nitrogen and oxygen atoms in total. The summed E-state index contributed by atoms with van der Waals surface area (Å²) in [5, 5.41) is 5.44. The summed E-state index contributed by atoms with van der Waals surface area (Å²) in [5.74, 6) is -2.08. The first-order valence-electron chi connectivity index (χ1n) is 4.95. The van der Waals surface area contributed by atoms with Crippen LogP contribution in [0.5, 0.6) is 0 Å². The molecule has 0 fully saturated rings. The van der Waals surface area contributed by atoms with E-state index in [2.05, 4.69) is 15.0 Å². The number of carbonyl (C=O) groups is 1. The first-order chi connectivity index (χ1) is 8.88. The molecule has 19 heavy (non-hydrogen) atoms. The van der Waals surface area contributed by atoms with E-state index in [-0.39, 0.29) is 5.69 Å². The van der Waals surface area contributed by atoms with Gasteiger partial charge in [-0.05, 0) is 18.2 Å². The molecule has 8 heteroatoms. The van der Waals surface area contributed by atoms with Crippen molar-refractivity contribution >= 4 is 11.6 Å². The Bertz CT molecular complexity index is 593. The van der Waals surface area contributed by atoms with E-state index in [1.807, 2.05) is 0 Å². The first kappa shape index (κ1) is 13.1. The van der Waals surface area contributed by atoms with Crippen molar-refractivity contribution in [2.45, 2.75) is 6.18 Å². The van der Waals surface area contributed by atoms with Crippen molar-refractivity contribution in [3.05, 3.63) is 47.6 Å². The highest BCUT2D eigenvalue weighted by Gasteiger charge is 2.31. The van der Waals surface area contributed by atoms with Crippen molar-refractivity contribution in [2.75, 3.05) is 5.32 Å². The third-order valence-electron chi connectivity index (χ3n) is 2.23. The van der Waals surface area contributed by atoms with Gasteiger partial charge in [0.15, 0.2) is 0 Å². The van der Waals surface area contributed by atoms with Crippen molar-refractivity contribution in [1.82, 2.24) is 5.16 Å². The first-order valence-corrected chi connectivity index (χ1v) is 4.95. The minimum Gasteiger partial charge on any atom is -0.363 e. The Kier molecular flexibility index (Phi) is 3.24.